The number of aryl methyl sites for hydroxylation is 1. The quantitative estimate of drug-likeness (QED) is 0.843. The summed E-state index contributed by atoms with van der Waals surface area (Å²) in [6.07, 6.45) is 0.756. The fraction of sp³-hybridized carbons (Fsp3) is 0.500. The molecule has 130 valence electrons. The number of carbonyl (C=O) groups is 3. The Balaban J connectivity index is 2.15. The molecule has 0 bridgehead atoms. The molecule has 1 saturated heterocycles. The van der Waals surface area contributed by atoms with Gasteiger partial charge in [-0.2, -0.15) is 0 Å². The molecule has 6 nitrogen and oxygen atoms in total. The average molecular weight is 331 g/mol. The third kappa shape index (κ3) is 3.58. The number of carbonyl (C=O) groups excluding carboxylic acids is 3. The molecule has 1 aromatic rings. The van der Waals surface area contributed by atoms with Crippen molar-refractivity contribution in [1.82, 2.24) is 10.2 Å². The van der Waals surface area contributed by atoms with Crippen LogP contribution >= 0.6 is 0 Å². The summed E-state index contributed by atoms with van der Waals surface area (Å²) >= 11 is 0. The van der Waals surface area contributed by atoms with Crippen molar-refractivity contribution < 1.29 is 14.4 Å². The zero-order chi connectivity index (χ0) is 18.1. The number of rotatable bonds is 5. The van der Waals surface area contributed by atoms with E-state index in [1.54, 1.807) is 19.1 Å². The summed E-state index contributed by atoms with van der Waals surface area (Å²) < 4.78 is 0. The van der Waals surface area contributed by atoms with Crippen LogP contribution in [0, 0.1) is 6.92 Å². The Morgan fingerprint density at radius 1 is 1.21 bits per heavy atom. The van der Waals surface area contributed by atoms with Crippen LogP contribution in [0.1, 0.15) is 39.7 Å². The van der Waals surface area contributed by atoms with Gasteiger partial charge in [0.15, 0.2) is 0 Å². The van der Waals surface area contributed by atoms with Crippen LogP contribution in [0.5, 0.6) is 0 Å². The minimum atomic E-state index is -0.618. The zero-order valence-electron chi connectivity index (χ0n) is 14.9. The number of amides is 4. The number of hydrogen-bond acceptors (Lipinski definition) is 3. The van der Waals surface area contributed by atoms with E-state index in [-0.39, 0.29) is 23.9 Å². The molecule has 6 heteroatoms. The highest BCUT2D eigenvalue weighted by Crippen LogP contribution is 2.26. The first-order chi connectivity index (χ1) is 11.2. The van der Waals surface area contributed by atoms with Crippen LogP contribution in [0.15, 0.2) is 24.3 Å². The van der Waals surface area contributed by atoms with Gasteiger partial charge in [0.25, 0.3) is 5.91 Å². The minimum Gasteiger partial charge on any atom is -0.350 e. The first-order valence-corrected chi connectivity index (χ1v) is 8.18. The Bertz CT molecular complexity index is 652. The molecule has 1 fully saturated rings. The third-order valence-electron chi connectivity index (χ3n) is 4.42. The van der Waals surface area contributed by atoms with Crippen LogP contribution in [0.2, 0.25) is 0 Å². The monoisotopic (exact) mass is 331 g/mol. The second kappa shape index (κ2) is 6.63. The molecule has 1 heterocycles. The first-order valence-electron chi connectivity index (χ1n) is 8.18. The molecule has 1 aliphatic rings. The Morgan fingerprint density at radius 2 is 1.79 bits per heavy atom. The molecule has 0 aromatic heterocycles. The Hall–Kier alpha value is -2.37. The fourth-order valence-corrected chi connectivity index (χ4v) is 2.56. The van der Waals surface area contributed by atoms with Crippen molar-refractivity contribution in [2.75, 3.05) is 11.4 Å². The second-order valence-corrected chi connectivity index (χ2v) is 6.87. The highest BCUT2D eigenvalue weighted by molar-refractivity contribution is 6.15. The lowest BCUT2D eigenvalue weighted by Gasteiger charge is -2.25. The summed E-state index contributed by atoms with van der Waals surface area (Å²) in [5, 5.41) is 2.85. The van der Waals surface area contributed by atoms with E-state index in [0.29, 0.717) is 5.69 Å². The lowest BCUT2D eigenvalue weighted by atomic mass is 10.0. The molecule has 0 spiro atoms. The summed E-state index contributed by atoms with van der Waals surface area (Å²) in [5.74, 6) is -0.688. The van der Waals surface area contributed by atoms with Gasteiger partial charge in [-0.05, 0) is 46.2 Å². The second-order valence-electron chi connectivity index (χ2n) is 6.87. The molecule has 1 atom stereocenters. The predicted octanol–water partition coefficient (Wildman–Crippen LogP) is 2.46. The van der Waals surface area contributed by atoms with Crippen LogP contribution < -0.4 is 10.2 Å². The van der Waals surface area contributed by atoms with Crippen molar-refractivity contribution >= 4 is 23.5 Å². The summed E-state index contributed by atoms with van der Waals surface area (Å²) in [6.45, 7) is 9.14. The van der Waals surface area contributed by atoms with Crippen molar-refractivity contribution in [2.45, 2.75) is 52.6 Å². The number of urea groups is 1. The van der Waals surface area contributed by atoms with E-state index >= 15 is 0 Å². The third-order valence-corrected chi connectivity index (χ3v) is 4.42. The Morgan fingerprint density at radius 3 is 2.33 bits per heavy atom. The van der Waals surface area contributed by atoms with Gasteiger partial charge in [0.2, 0.25) is 5.91 Å². The predicted molar refractivity (Wildman–Crippen MR) is 92.7 cm³/mol. The number of nitrogens with zero attached hydrogens (tertiary/aromatic N) is 2. The van der Waals surface area contributed by atoms with E-state index in [1.165, 1.54) is 4.90 Å². The summed E-state index contributed by atoms with van der Waals surface area (Å²) in [7, 11) is 0. The van der Waals surface area contributed by atoms with Crippen LogP contribution in [-0.2, 0) is 9.59 Å². The molecule has 2 rings (SSSR count). The molecular formula is C18H25N3O3. The van der Waals surface area contributed by atoms with Gasteiger partial charge in [0.05, 0.1) is 0 Å². The molecule has 0 aliphatic carbocycles. The molecule has 24 heavy (non-hydrogen) atoms. The number of benzene rings is 1. The van der Waals surface area contributed by atoms with Crippen LogP contribution in [-0.4, -0.2) is 40.9 Å². The van der Waals surface area contributed by atoms with Crippen molar-refractivity contribution in [3.8, 4) is 0 Å². The average Bonchev–Trinajstić information content (AvgIpc) is 2.72. The summed E-state index contributed by atoms with van der Waals surface area (Å²) in [6, 6.07) is 6.31. The van der Waals surface area contributed by atoms with Crippen LogP contribution in [0.4, 0.5) is 10.5 Å². The molecule has 0 unspecified atom stereocenters. The number of imide groups is 1. The largest absolute Gasteiger partial charge is 0.350 e. The van der Waals surface area contributed by atoms with Crippen molar-refractivity contribution in [3.63, 3.8) is 0 Å². The van der Waals surface area contributed by atoms with Gasteiger partial charge < -0.3 is 5.32 Å². The van der Waals surface area contributed by atoms with E-state index in [1.807, 2.05) is 39.8 Å². The minimum absolute atomic E-state index is 0.256. The van der Waals surface area contributed by atoms with Gasteiger partial charge in [-0.3, -0.25) is 19.4 Å². The van der Waals surface area contributed by atoms with Gasteiger partial charge >= 0.3 is 6.03 Å². The van der Waals surface area contributed by atoms with E-state index < -0.39 is 12.1 Å². The van der Waals surface area contributed by atoms with E-state index in [4.69, 9.17) is 0 Å². The lowest BCUT2D eigenvalue weighted by Crippen LogP contribution is -2.48. The molecule has 1 aromatic carbocycles. The smallest absolute Gasteiger partial charge is 0.332 e. The van der Waals surface area contributed by atoms with E-state index in [0.717, 1.165) is 16.9 Å². The maximum atomic E-state index is 12.6. The molecule has 4 amide bonds. The number of hydrogen-bond donors (Lipinski definition) is 1. The van der Waals surface area contributed by atoms with Crippen molar-refractivity contribution in [3.05, 3.63) is 29.8 Å². The molecule has 0 radical (unpaired) electrons. The van der Waals surface area contributed by atoms with Gasteiger partial charge in [-0.1, -0.05) is 24.6 Å². The molecule has 1 N–H and O–H groups in total. The summed E-state index contributed by atoms with van der Waals surface area (Å²) in [5.41, 5.74) is 1.36. The fourth-order valence-electron chi connectivity index (χ4n) is 2.56. The maximum Gasteiger partial charge on any atom is 0.332 e. The zero-order valence-corrected chi connectivity index (χ0v) is 14.9. The first kappa shape index (κ1) is 18.0. The van der Waals surface area contributed by atoms with Crippen LogP contribution in [0.3, 0.4) is 0 Å². The number of nitrogens with one attached hydrogen (secondary N) is 1. The standard InChI is InChI=1S/C18H25N3O3/c1-6-18(4,5)19-15(22)11-20-16(23)13(3)21(17(20)24)14-9-7-12(2)8-10-14/h7-10,13H,6,11H2,1-5H3,(H,19,22)/t13-/m0/s1. The topological polar surface area (TPSA) is 69.7 Å². The Labute approximate surface area is 142 Å². The number of anilines is 1. The van der Waals surface area contributed by atoms with Crippen molar-refractivity contribution in [1.29, 1.82) is 0 Å². The van der Waals surface area contributed by atoms with Gasteiger partial charge in [-0.15, -0.1) is 0 Å². The molecule has 1 aliphatic heterocycles. The Kier molecular flexibility index (Phi) is 4.96. The SMILES string of the molecule is CCC(C)(C)NC(=O)CN1C(=O)[C@H](C)N(c2ccc(C)cc2)C1=O. The normalized spacial score (nSPS) is 18.3. The highest BCUT2D eigenvalue weighted by Gasteiger charge is 2.44. The molecular weight excluding hydrogens is 306 g/mol. The maximum absolute atomic E-state index is 12.6. The van der Waals surface area contributed by atoms with E-state index in [2.05, 4.69) is 5.32 Å². The van der Waals surface area contributed by atoms with E-state index in [9.17, 15) is 14.4 Å². The van der Waals surface area contributed by atoms with Gasteiger partial charge in [0, 0.05) is 11.2 Å². The van der Waals surface area contributed by atoms with Gasteiger partial charge in [-0.25, -0.2) is 4.79 Å². The van der Waals surface area contributed by atoms with Gasteiger partial charge in [0.1, 0.15) is 12.6 Å². The summed E-state index contributed by atoms with van der Waals surface area (Å²) in [4.78, 5) is 39.7. The molecule has 0 saturated carbocycles. The highest BCUT2D eigenvalue weighted by atomic mass is 16.2. The lowest BCUT2D eigenvalue weighted by molar-refractivity contribution is -0.132. The van der Waals surface area contributed by atoms with Crippen LogP contribution in [0.25, 0.3) is 0 Å². The van der Waals surface area contributed by atoms with Crippen molar-refractivity contribution in [2.24, 2.45) is 0 Å².